The molecule has 5 nitrogen and oxygen atoms in total. The van der Waals surface area contributed by atoms with Crippen LogP contribution >= 0.6 is 0 Å². The maximum atomic E-state index is 12.2. The Morgan fingerprint density at radius 1 is 1.37 bits per heavy atom. The van der Waals surface area contributed by atoms with Gasteiger partial charge in [-0.15, -0.1) is 0 Å². The van der Waals surface area contributed by atoms with Gasteiger partial charge in [0.2, 0.25) is 0 Å². The predicted molar refractivity (Wildman–Crippen MR) is 79.0 cm³/mol. The summed E-state index contributed by atoms with van der Waals surface area (Å²) in [6, 6.07) is -0.0556. The molecule has 1 heterocycles. The van der Waals surface area contributed by atoms with Crippen LogP contribution in [-0.2, 0) is 10.2 Å². The van der Waals surface area contributed by atoms with Gasteiger partial charge in [0.25, 0.3) is 10.2 Å². The number of piperidine rings is 1. The average molecular weight is 291 g/mol. The van der Waals surface area contributed by atoms with E-state index in [1.54, 1.807) is 4.31 Å². The predicted octanol–water partition coefficient (Wildman–Crippen LogP) is 1.46. The summed E-state index contributed by atoms with van der Waals surface area (Å²) in [5.41, 5.74) is 6.10. The van der Waals surface area contributed by atoms with Gasteiger partial charge >= 0.3 is 0 Å². The summed E-state index contributed by atoms with van der Waals surface area (Å²) in [6.45, 7) is 9.21. The number of rotatable bonds is 5. The number of hydrogen-bond donors (Lipinski definition) is 2. The largest absolute Gasteiger partial charge is 0.326 e. The SMILES string of the molecule is CC1CCCCN1S(=O)(=O)NCC(N)CC(C)(C)C. The summed E-state index contributed by atoms with van der Waals surface area (Å²) in [7, 11) is -3.38. The fraction of sp³-hybridized carbons (Fsp3) is 1.00. The molecule has 114 valence electrons. The van der Waals surface area contributed by atoms with Crippen molar-refractivity contribution in [3.8, 4) is 0 Å². The summed E-state index contributed by atoms with van der Waals surface area (Å²) in [4.78, 5) is 0. The van der Waals surface area contributed by atoms with Gasteiger partial charge in [0.1, 0.15) is 0 Å². The Labute approximate surface area is 118 Å². The van der Waals surface area contributed by atoms with Gasteiger partial charge in [-0.1, -0.05) is 27.2 Å². The molecule has 0 aromatic carbocycles. The Morgan fingerprint density at radius 3 is 2.53 bits per heavy atom. The molecule has 2 unspecified atom stereocenters. The second-order valence-corrected chi connectivity index (χ2v) is 8.54. The van der Waals surface area contributed by atoms with Crippen molar-refractivity contribution in [2.75, 3.05) is 13.1 Å². The second kappa shape index (κ2) is 6.52. The van der Waals surface area contributed by atoms with E-state index in [-0.39, 0.29) is 17.5 Å². The molecule has 1 aliphatic rings. The number of hydrogen-bond acceptors (Lipinski definition) is 3. The highest BCUT2D eigenvalue weighted by atomic mass is 32.2. The lowest BCUT2D eigenvalue weighted by Gasteiger charge is -2.32. The zero-order chi connectivity index (χ0) is 14.7. The van der Waals surface area contributed by atoms with Crippen LogP contribution in [0, 0.1) is 5.41 Å². The van der Waals surface area contributed by atoms with Crippen LogP contribution in [0.25, 0.3) is 0 Å². The van der Waals surface area contributed by atoms with E-state index >= 15 is 0 Å². The molecule has 0 spiro atoms. The standard InChI is InChI=1S/C13H29N3O2S/c1-11-7-5-6-8-16(11)19(17,18)15-10-12(14)9-13(2,3)4/h11-12,15H,5-10,14H2,1-4H3. The smallest absolute Gasteiger partial charge is 0.279 e. The Balaban J connectivity index is 2.50. The van der Waals surface area contributed by atoms with Crippen LogP contribution in [0.5, 0.6) is 0 Å². The summed E-state index contributed by atoms with van der Waals surface area (Å²) in [6.07, 6.45) is 3.79. The quantitative estimate of drug-likeness (QED) is 0.805. The third-order valence-electron chi connectivity index (χ3n) is 3.45. The molecular weight excluding hydrogens is 262 g/mol. The first-order valence-corrected chi connectivity index (χ1v) is 8.58. The zero-order valence-corrected chi connectivity index (χ0v) is 13.5. The minimum Gasteiger partial charge on any atom is -0.326 e. The molecule has 0 aromatic rings. The second-order valence-electron chi connectivity index (χ2n) is 6.83. The topological polar surface area (TPSA) is 75.4 Å². The molecule has 1 fully saturated rings. The number of nitrogens with one attached hydrogen (secondary N) is 1. The summed E-state index contributed by atoms with van der Waals surface area (Å²) >= 11 is 0. The van der Waals surface area contributed by atoms with Crippen molar-refractivity contribution >= 4 is 10.2 Å². The van der Waals surface area contributed by atoms with Gasteiger partial charge in [-0.2, -0.15) is 12.7 Å². The molecule has 0 radical (unpaired) electrons. The van der Waals surface area contributed by atoms with Crippen molar-refractivity contribution in [2.45, 2.75) is 65.5 Å². The van der Waals surface area contributed by atoms with Gasteiger partial charge in [-0.3, -0.25) is 0 Å². The Morgan fingerprint density at radius 2 is 2.00 bits per heavy atom. The Bertz CT molecular complexity index is 376. The lowest BCUT2D eigenvalue weighted by Crippen LogP contribution is -2.50. The molecule has 1 rings (SSSR count). The number of nitrogens with two attached hydrogens (primary N) is 1. The van der Waals surface area contributed by atoms with Gasteiger partial charge in [0.05, 0.1) is 0 Å². The molecule has 0 aromatic heterocycles. The van der Waals surface area contributed by atoms with Crippen molar-refractivity contribution in [3.05, 3.63) is 0 Å². The first-order chi connectivity index (χ1) is 8.62. The van der Waals surface area contributed by atoms with Crippen LogP contribution in [-0.4, -0.2) is 37.9 Å². The van der Waals surface area contributed by atoms with E-state index in [1.165, 1.54) is 0 Å². The van der Waals surface area contributed by atoms with Gasteiger partial charge < -0.3 is 5.73 Å². The van der Waals surface area contributed by atoms with Crippen LogP contribution in [0.15, 0.2) is 0 Å². The molecule has 2 atom stereocenters. The van der Waals surface area contributed by atoms with Crippen LogP contribution in [0.1, 0.15) is 53.4 Å². The highest BCUT2D eigenvalue weighted by Crippen LogP contribution is 2.21. The fourth-order valence-corrected chi connectivity index (χ4v) is 4.12. The maximum Gasteiger partial charge on any atom is 0.279 e. The minimum absolute atomic E-state index is 0.0880. The third kappa shape index (κ3) is 5.77. The van der Waals surface area contributed by atoms with E-state index < -0.39 is 10.2 Å². The number of nitrogens with zero attached hydrogens (tertiary/aromatic N) is 1. The van der Waals surface area contributed by atoms with E-state index in [2.05, 4.69) is 25.5 Å². The Kier molecular flexibility index (Phi) is 5.79. The van der Waals surface area contributed by atoms with Gasteiger partial charge in [0.15, 0.2) is 0 Å². The third-order valence-corrected chi connectivity index (χ3v) is 5.14. The van der Waals surface area contributed by atoms with E-state index in [0.717, 1.165) is 25.7 Å². The van der Waals surface area contributed by atoms with Crippen molar-refractivity contribution < 1.29 is 8.42 Å². The van der Waals surface area contributed by atoms with Gasteiger partial charge in [0, 0.05) is 25.2 Å². The van der Waals surface area contributed by atoms with E-state index in [9.17, 15) is 8.42 Å². The van der Waals surface area contributed by atoms with Crippen LogP contribution < -0.4 is 10.5 Å². The van der Waals surface area contributed by atoms with Crippen molar-refractivity contribution in [2.24, 2.45) is 11.1 Å². The monoisotopic (exact) mass is 291 g/mol. The van der Waals surface area contributed by atoms with Crippen LogP contribution in [0.4, 0.5) is 0 Å². The molecule has 0 saturated carbocycles. The molecule has 1 saturated heterocycles. The molecule has 0 amide bonds. The normalized spacial score (nSPS) is 24.4. The molecule has 0 bridgehead atoms. The molecule has 1 aliphatic heterocycles. The zero-order valence-electron chi connectivity index (χ0n) is 12.6. The summed E-state index contributed by atoms with van der Waals surface area (Å²) in [5, 5.41) is 0. The minimum atomic E-state index is -3.38. The van der Waals surface area contributed by atoms with Crippen molar-refractivity contribution in [1.82, 2.24) is 9.03 Å². The molecule has 3 N–H and O–H groups in total. The van der Waals surface area contributed by atoms with Crippen LogP contribution in [0.3, 0.4) is 0 Å². The fourth-order valence-electron chi connectivity index (χ4n) is 2.58. The average Bonchev–Trinajstić information content (AvgIpc) is 2.24. The maximum absolute atomic E-state index is 12.2. The van der Waals surface area contributed by atoms with E-state index in [1.807, 2.05) is 6.92 Å². The van der Waals surface area contributed by atoms with Gasteiger partial charge in [-0.05, 0) is 31.6 Å². The summed E-state index contributed by atoms with van der Waals surface area (Å²) < 4.78 is 28.7. The molecule has 6 heteroatoms. The molecular formula is C13H29N3O2S. The van der Waals surface area contributed by atoms with Crippen LogP contribution in [0.2, 0.25) is 0 Å². The molecule has 0 aliphatic carbocycles. The molecule has 19 heavy (non-hydrogen) atoms. The Hall–Kier alpha value is -0.170. The highest BCUT2D eigenvalue weighted by Gasteiger charge is 2.29. The first kappa shape index (κ1) is 16.9. The van der Waals surface area contributed by atoms with E-state index in [0.29, 0.717) is 13.1 Å². The lowest BCUT2D eigenvalue weighted by molar-refractivity contribution is 0.264. The van der Waals surface area contributed by atoms with E-state index in [4.69, 9.17) is 5.73 Å². The van der Waals surface area contributed by atoms with Crippen molar-refractivity contribution in [3.63, 3.8) is 0 Å². The summed E-state index contributed by atoms with van der Waals surface area (Å²) in [5.74, 6) is 0. The van der Waals surface area contributed by atoms with Crippen molar-refractivity contribution in [1.29, 1.82) is 0 Å². The van der Waals surface area contributed by atoms with Gasteiger partial charge in [-0.25, -0.2) is 4.72 Å². The first-order valence-electron chi connectivity index (χ1n) is 7.14. The highest BCUT2D eigenvalue weighted by molar-refractivity contribution is 7.87. The lowest BCUT2D eigenvalue weighted by atomic mass is 9.88.